The van der Waals surface area contributed by atoms with Crippen molar-refractivity contribution in [1.82, 2.24) is 14.5 Å². The molecule has 5 heteroatoms. The Morgan fingerprint density at radius 2 is 1.85 bits per heavy atom. The van der Waals surface area contributed by atoms with E-state index in [1.807, 2.05) is 36.4 Å². The zero-order valence-electron chi connectivity index (χ0n) is 15.4. The molecule has 2 aromatic heterocycles. The Balaban J connectivity index is 1.75. The van der Waals surface area contributed by atoms with E-state index in [0.717, 1.165) is 30.2 Å². The lowest BCUT2D eigenvalue weighted by atomic mass is 9.92. The van der Waals surface area contributed by atoms with Gasteiger partial charge in [0.05, 0.1) is 30.3 Å². The maximum atomic E-state index is 13.1. The topological polar surface area (TPSA) is 51.3 Å². The highest BCUT2D eigenvalue weighted by Gasteiger charge is 2.23. The van der Waals surface area contributed by atoms with Crippen LogP contribution in [0.2, 0.25) is 0 Å². The molecule has 26 heavy (non-hydrogen) atoms. The van der Waals surface area contributed by atoms with Gasteiger partial charge >= 0.3 is 0 Å². The third kappa shape index (κ3) is 3.44. The number of furan rings is 1. The number of likely N-dealkylation sites (tertiary alicyclic amines) is 1. The molecule has 1 fully saturated rings. The minimum Gasteiger partial charge on any atom is -0.467 e. The molecule has 0 amide bonds. The molecular formula is C21H25N3O2. The molecular weight excluding hydrogens is 326 g/mol. The Morgan fingerprint density at radius 1 is 1.08 bits per heavy atom. The lowest BCUT2D eigenvalue weighted by Crippen LogP contribution is -2.40. The van der Waals surface area contributed by atoms with Crippen molar-refractivity contribution in [2.45, 2.75) is 33.4 Å². The molecule has 0 bridgehead atoms. The molecule has 3 heterocycles. The molecule has 2 unspecified atom stereocenters. The van der Waals surface area contributed by atoms with Crippen LogP contribution in [0.15, 0.2) is 51.9 Å². The van der Waals surface area contributed by atoms with Gasteiger partial charge in [-0.3, -0.25) is 14.3 Å². The molecule has 0 aliphatic carbocycles. The molecule has 0 radical (unpaired) electrons. The number of hydrogen-bond donors (Lipinski definition) is 0. The molecule has 136 valence electrons. The van der Waals surface area contributed by atoms with E-state index in [1.54, 1.807) is 10.8 Å². The van der Waals surface area contributed by atoms with Gasteiger partial charge < -0.3 is 4.42 Å². The van der Waals surface area contributed by atoms with Crippen LogP contribution in [-0.2, 0) is 13.1 Å². The highest BCUT2D eigenvalue weighted by atomic mass is 16.3. The summed E-state index contributed by atoms with van der Waals surface area (Å²) in [5.74, 6) is 2.92. The second-order valence-electron chi connectivity index (χ2n) is 7.66. The zero-order valence-corrected chi connectivity index (χ0v) is 15.4. The normalized spacial score (nSPS) is 21.3. The third-order valence-electron chi connectivity index (χ3n) is 5.14. The molecule has 1 aliphatic rings. The molecule has 1 aliphatic heterocycles. The van der Waals surface area contributed by atoms with Crippen LogP contribution < -0.4 is 5.56 Å². The summed E-state index contributed by atoms with van der Waals surface area (Å²) in [5.41, 5.74) is 0.765. The predicted molar refractivity (Wildman–Crippen MR) is 102 cm³/mol. The number of para-hydroxylation sites is 1. The van der Waals surface area contributed by atoms with Crippen molar-refractivity contribution < 1.29 is 4.42 Å². The first kappa shape index (κ1) is 17.0. The number of nitrogens with zero attached hydrogens (tertiary/aromatic N) is 3. The van der Waals surface area contributed by atoms with E-state index in [9.17, 15) is 4.79 Å². The van der Waals surface area contributed by atoms with Crippen LogP contribution in [0.3, 0.4) is 0 Å². The Labute approximate surface area is 153 Å². The SMILES string of the molecule is CC1CC(C)CN(Cc2nc3ccccc3c(=O)n2Cc2ccco2)C1. The fourth-order valence-corrected chi connectivity index (χ4v) is 4.18. The van der Waals surface area contributed by atoms with Gasteiger partial charge in [0.1, 0.15) is 11.6 Å². The van der Waals surface area contributed by atoms with Gasteiger partial charge in [-0.25, -0.2) is 4.98 Å². The summed E-state index contributed by atoms with van der Waals surface area (Å²) < 4.78 is 7.25. The van der Waals surface area contributed by atoms with Gasteiger partial charge in [0.15, 0.2) is 0 Å². The van der Waals surface area contributed by atoms with Crippen molar-refractivity contribution in [3.8, 4) is 0 Å². The summed E-state index contributed by atoms with van der Waals surface area (Å²) in [6.45, 7) is 7.80. The number of rotatable bonds is 4. The molecule has 3 aromatic rings. The number of fused-ring (bicyclic) bond motifs is 1. The van der Waals surface area contributed by atoms with E-state index in [4.69, 9.17) is 9.40 Å². The van der Waals surface area contributed by atoms with Crippen LogP contribution in [0.5, 0.6) is 0 Å². The van der Waals surface area contributed by atoms with Crippen molar-refractivity contribution in [1.29, 1.82) is 0 Å². The molecule has 1 saturated heterocycles. The average molecular weight is 351 g/mol. The first-order chi connectivity index (χ1) is 12.6. The van der Waals surface area contributed by atoms with E-state index in [0.29, 0.717) is 30.3 Å². The second-order valence-corrected chi connectivity index (χ2v) is 7.66. The largest absolute Gasteiger partial charge is 0.467 e. The Kier molecular flexibility index (Phi) is 4.64. The Bertz CT molecular complexity index is 936. The van der Waals surface area contributed by atoms with Gasteiger partial charge in [0.2, 0.25) is 0 Å². The van der Waals surface area contributed by atoms with Crippen molar-refractivity contribution in [3.05, 3.63) is 64.6 Å². The van der Waals surface area contributed by atoms with Crippen LogP contribution in [0.4, 0.5) is 0 Å². The fraction of sp³-hybridized carbons (Fsp3) is 0.429. The molecule has 5 nitrogen and oxygen atoms in total. The summed E-state index contributed by atoms with van der Waals surface area (Å²) in [6, 6.07) is 11.3. The summed E-state index contributed by atoms with van der Waals surface area (Å²) in [7, 11) is 0. The van der Waals surface area contributed by atoms with Gasteiger partial charge in [-0.15, -0.1) is 0 Å². The second kappa shape index (κ2) is 7.08. The van der Waals surface area contributed by atoms with Crippen LogP contribution in [-0.4, -0.2) is 27.5 Å². The van der Waals surface area contributed by atoms with Crippen molar-refractivity contribution >= 4 is 10.9 Å². The quantitative estimate of drug-likeness (QED) is 0.722. The van der Waals surface area contributed by atoms with E-state index in [2.05, 4.69) is 18.7 Å². The highest BCUT2D eigenvalue weighted by molar-refractivity contribution is 5.77. The molecule has 0 spiro atoms. The summed E-state index contributed by atoms with van der Waals surface area (Å²) in [4.78, 5) is 20.4. The van der Waals surface area contributed by atoms with Crippen LogP contribution >= 0.6 is 0 Å². The number of piperidine rings is 1. The molecule has 4 rings (SSSR count). The van der Waals surface area contributed by atoms with Gasteiger partial charge in [0, 0.05) is 13.1 Å². The first-order valence-corrected chi connectivity index (χ1v) is 9.33. The van der Waals surface area contributed by atoms with Crippen LogP contribution in [0.25, 0.3) is 10.9 Å². The van der Waals surface area contributed by atoms with Crippen molar-refractivity contribution in [2.24, 2.45) is 11.8 Å². The molecule has 2 atom stereocenters. The minimum absolute atomic E-state index is 0.0000985. The first-order valence-electron chi connectivity index (χ1n) is 9.33. The monoisotopic (exact) mass is 351 g/mol. The van der Waals surface area contributed by atoms with Gasteiger partial charge in [-0.1, -0.05) is 26.0 Å². The lowest BCUT2D eigenvalue weighted by molar-refractivity contribution is 0.129. The van der Waals surface area contributed by atoms with Crippen molar-refractivity contribution in [3.63, 3.8) is 0 Å². The Morgan fingerprint density at radius 3 is 2.58 bits per heavy atom. The molecule has 1 aromatic carbocycles. The maximum Gasteiger partial charge on any atom is 0.261 e. The number of hydrogen-bond acceptors (Lipinski definition) is 4. The minimum atomic E-state index is 0.0000985. The van der Waals surface area contributed by atoms with Gasteiger partial charge in [0.25, 0.3) is 5.56 Å². The lowest BCUT2D eigenvalue weighted by Gasteiger charge is -2.35. The summed E-state index contributed by atoms with van der Waals surface area (Å²) in [6.07, 6.45) is 2.91. The van der Waals surface area contributed by atoms with Crippen molar-refractivity contribution in [2.75, 3.05) is 13.1 Å². The van der Waals surface area contributed by atoms with Crippen LogP contribution in [0, 0.1) is 11.8 Å². The number of aromatic nitrogens is 2. The molecule has 0 N–H and O–H groups in total. The predicted octanol–water partition coefficient (Wildman–Crippen LogP) is 3.52. The standard InChI is InChI=1S/C21H25N3O2/c1-15-10-16(2)12-23(11-15)14-20-22-19-8-4-3-7-18(19)21(25)24(20)13-17-6-5-9-26-17/h3-9,15-16H,10-14H2,1-2H3. The average Bonchev–Trinajstić information content (AvgIpc) is 3.11. The summed E-state index contributed by atoms with van der Waals surface area (Å²) in [5, 5.41) is 0.656. The number of benzene rings is 1. The van der Waals surface area contributed by atoms with E-state index in [1.165, 1.54) is 6.42 Å². The van der Waals surface area contributed by atoms with Gasteiger partial charge in [-0.2, -0.15) is 0 Å². The van der Waals surface area contributed by atoms with E-state index < -0.39 is 0 Å². The molecule has 0 saturated carbocycles. The van der Waals surface area contributed by atoms with Gasteiger partial charge in [-0.05, 0) is 42.5 Å². The van der Waals surface area contributed by atoms with E-state index >= 15 is 0 Å². The smallest absolute Gasteiger partial charge is 0.261 e. The summed E-state index contributed by atoms with van der Waals surface area (Å²) >= 11 is 0. The maximum absolute atomic E-state index is 13.1. The van der Waals surface area contributed by atoms with Crippen LogP contribution in [0.1, 0.15) is 31.9 Å². The third-order valence-corrected chi connectivity index (χ3v) is 5.14. The van der Waals surface area contributed by atoms with E-state index in [-0.39, 0.29) is 5.56 Å². The fourth-order valence-electron chi connectivity index (χ4n) is 4.18. The Hall–Kier alpha value is -2.40. The highest BCUT2D eigenvalue weighted by Crippen LogP contribution is 2.22. The zero-order chi connectivity index (χ0) is 18.1.